The number of para-hydroxylation sites is 1. The Morgan fingerprint density at radius 1 is 1.22 bits per heavy atom. The molecule has 0 amide bonds. The lowest BCUT2D eigenvalue weighted by atomic mass is 10.1. The third-order valence-electron chi connectivity index (χ3n) is 2.72. The van der Waals surface area contributed by atoms with Gasteiger partial charge >= 0.3 is 0 Å². The van der Waals surface area contributed by atoms with E-state index in [1.807, 2.05) is 19.1 Å². The van der Waals surface area contributed by atoms with Crippen molar-refractivity contribution in [1.82, 2.24) is 0 Å². The molecule has 0 radical (unpaired) electrons. The van der Waals surface area contributed by atoms with Crippen LogP contribution in [0.1, 0.15) is 32.8 Å². The fourth-order valence-corrected chi connectivity index (χ4v) is 1.74. The number of ether oxygens (including phenoxy) is 2. The van der Waals surface area contributed by atoms with Crippen LogP contribution >= 0.6 is 0 Å². The number of nitrogens with two attached hydrogens (primary N) is 1. The molecule has 0 atom stereocenters. The molecule has 3 nitrogen and oxygen atoms in total. The second-order valence-electron chi connectivity index (χ2n) is 4.75. The molecule has 1 aromatic carbocycles. The summed E-state index contributed by atoms with van der Waals surface area (Å²) in [5, 5.41) is 0. The third kappa shape index (κ3) is 4.57. The summed E-state index contributed by atoms with van der Waals surface area (Å²) in [6, 6.07) is 6.00. The van der Waals surface area contributed by atoms with Crippen LogP contribution < -0.4 is 15.2 Å². The van der Waals surface area contributed by atoms with E-state index < -0.39 is 0 Å². The standard InChI is InChI=1S/C15H25NO2/c1-4-17-14-7-5-6-13(8-10-16)15(14)18-11-9-12(2)3/h5-7,12H,4,8-11,16H2,1-3H3. The van der Waals surface area contributed by atoms with Crippen molar-refractivity contribution < 1.29 is 9.47 Å². The van der Waals surface area contributed by atoms with Crippen LogP contribution in [0.3, 0.4) is 0 Å². The van der Waals surface area contributed by atoms with Gasteiger partial charge in [-0.2, -0.15) is 0 Å². The SMILES string of the molecule is CCOc1cccc(CCN)c1OCCC(C)C. The predicted molar refractivity (Wildman–Crippen MR) is 75.3 cm³/mol. The van der Waals surface area contributed by atoms with Gasteiger partial charge in [0.1, 0.15) is 0 Å². The molecule has 1 rings (SSSR count). The minimum atomic E-state index is 0.621. The van der Waals surface area contributed by atoms with Crippen molar-refractivity contribution in [2.75, 3.05) is 19.8 Å². The summed E-state index contributed by atoms with van der Waals surface area (Å²) in [5.41, 5.74) is 6.77. The van der Waals surface area contributed by atoms with E-state index in [1.54, 1.807) is 0 Å². The van der Waals surface area contributed by atoms with Crippen LogP contribution in [0.5, 0.6) is 11.5 Å². The first-order chi connectivity index (χ1) is 8.69. The Morgan fingerprint density at radius 2 is 2.00 bits per heavy atom. The zero-order valence-corrected chi connectivity index (χ0v) is 11.7. The number of hydrogen-bond donors (Lipinski definition) is 1. The second-order valence-corrected chi connectivity index (χ2v) is 4.75. The highest BCUT2D eigenvalue weighted by Gasteiger charge is 2.10. The summed E-state index contributed by atoms with van der Waals surface area (Å²) in [7, 11) is 0. The fraction of sp³-hybridized carbons (Fsp3) is 0.600. The molecule has 0 bridgehead atoms. The monoisotopic (exact) mass is 251 g/mol. The highest BCUT2D eigenvalue weighted by molar-refractivity contribution is 5.46. The molecule has 0 unspecified atom stereocenters. The van der Waals surface area contributed by atoms with Gasteiger partial charge in [0.2, 0.25) is 0 Å². The molecule has 0 aliphatic carbocycles. The van der Waals surface area contributed by atoms with Gasteiger partial charge in [0.15, 0.2) is 11.5 Å². The van der Waals surface area contributed by atoms with Crippen LogP contribution in [0.4, 0.5) is 0 Å². The lowest BCUT2D eigenvalue weighted by Gasteiger charge is -2.16. The minimum absolute atomic E-state index is 0.621. The third-order valence-corrected chi connectivity index (χ3v) is 2.72. The Balaban J connectivity index is 2.80. The summed E-state index contributed by atoms with van der Waals surface area (Å²) in [4.78, 5) is 0. The molecule has 1 aromatic rings. The van der Waals surface area contributed by atoms with E-state index in [4.69, 9.17) is 15.2 Å². The zero-order valence-electron chi connectivity index (χ0n) is 11.7. The zero-order chi connectivity index (χ0) is 13.4. The van der Waals surface area contributed by atoms with Crippen molar-refractivity contribution in [2.24, 2.45) is 11.7 Å². The van der Waals surface area contributed by atoms with E-state index in [0.717, 1.165) is 36.5 Å². The van der Waals surface area contributed by atoms with E-state index >= 15 is 0 Å². The summed E-state index contributed by atoms with van der Waals surface area (Å²) in [6.07, 6.45) is 1.86. The Labute approximate surface area is 110 Å². The molecule has 0 spiro atoms. The van der Waals surface area contributed by atoms with Crippen molar-refractivity contribution in [3.8, 4) is 11.5 Å². The molecule has 0 aromatic heterocycles. The molecular weight excluding hydrogens is 226 g/mol. The molecule has 0 aliphatic rings. The van der Waals surface area contributed by atoms with Gasteiger partial charge in [0.05, 0.1) is 13.2 Å². The molecule has 18 heavy (non-hydrogen) atoms. The van der Waals surface area contributed by atoms with Crippen LogP contribution in [0, 0.1) is 5.92 Å². The molecule has 0 heterocycles. The van der Waals surface area contributed by atoms with E-state index in [1.165, 1.54) is 0 Å². The van der Waals surface area contributed by atoms with Crippen LogP contribution in [-0.4, -0.2) is 19.8 Å². The van der Waals surface area contributed by atoms with Crippen molar-refractivity contribution in [2.45, 2.75) is 33.6 Å². The predicted octanol–water partition coefficient (Wildman–Crippen LogP) is 3.01. The second kappa shape index (κ2) is 7.98. The van der Waals surface area contributed by atoms with Crippen molar-refractivity contribution in [1.29, 1.82) is 0 Å². The van der Waals surface area contributed by atoms with Gasteiger partial charge in [-0.15, -0.1) is 0 Å². The molecule has 0 saturated heterocycles. The molecular formula is C15H25NO2. The van der Waals surface area contributed by atoms with Gasteiger partial charge in [0.25, 0.3) is 0 Å². The molecule has 0 aliphatic heterocycles. The van der Waals surface area contributed by atoms with Crippen molar-refractivity contribution in [3.05, 3.63) is 23.8 Å². The lowest BCUT2D eigenvalue weighted by Crippen LogP contribution is -2.09. The van der Waals surface area contributed by atoms with E-state index in [-0.39, 0.29) is 0 Å². The summed E-state index contributed by atoms with van der Waals surface area (Å²) in [5.74, 6) is 2.33. The Morgan fingerprint density at radius 3 is 2.61 bits per heavy atom. The smallest absolute Gasteiger partial charge is 0.164 e. The number of rotatable bonds is 8. The van der Waals surface area contributed by atoms with Crippen molar-refractivity contribution in [3.63, 3.8) is 0 Å². The average Bonchev–Trinajstić information content (AvgIpc) is 2.32. The van der Waals surface area contributed by atoms with Crippen LogP contribution in [0.2, 0.25) is 0 Å². The Hall–Kier alpha value is -1.22. The van der Waals surface area contributed by atoms with Gasteiger partial charge in [0, 0.05) is 0 Å². The molecule has 0 saturated carbocycles. The molecule has 0 fully saturated rings. The van der Waals surface area contributed by atoms with Crippen LogP contribution in [0.15, 0.2) is 18.2 Å². The summed E-state index contributed by atoms with van der Waals surface area (Å²) < 4.78 is 11.5. The topological polar surface area (TPSA) is 44.5 Å². The first-order valence-electron chi connectivity index (χ1n) is 6.76. The van der Waals surface area contributed by atoms with Gasteiger partial charge in [-0.05, 0) is 43.9 Å². The van der Waals surface area contributed by atoms with Gasteiger partial charge in [-0.25, -0.2) is 0 Å². The maximum absolute atomic E-state index is 5.90. The van der Waals surface area contributed by atoms with E-state index in [2.05, 4.69) is 19.9 Å². The first kappa shape index (κ1) is 14.8. The van der Waals surface area contributed by atoms with E-state index in [0.29, 0.717) is 19.1 Å². The van der Waals surface area contributed by atoms with Gasteiger partial charge in [-0.3, -0.25) is 0 Å². The largest absolute Gasteiger partial charge is 0.490 e. The number of hydrogen-bond acceptors (Lipinski definition) is 3. The first-order valence-corrected chi connectivity index (χ1v) is 6.76. The molecule has 2 N–H and O–H groups in total. The van der Waals surface area contributed by atoms with Gasteiger partial charge in [-0.1, -0.05) is 26.0 Å². The summed E-state index contributed by atoms with van der Waals surface area (Å²) >= 11 is 0. The minimum Gasteiger partial charge on any atom is -0.490 e. The van der Waals surface area contributed by atoms with Crippen LogP contribution in [0.25, 0.3) is 0 Å². The molecule has 102 valence electrons. The maximum Gasteiger partial charge on any atom is 0.164 e. The normalized spacial score (nSPS) is 10.7. The van der Waals surface area contributed by atoms with Crippen LogP contribution in [-0.2, 0) is 6.42 Å². The Bertz CT molecular complexity index is 326. The quantitative estimate of drug-likeness (QED) is 0.772. The van der Waals surface area contributed by atoms with E-state index in [9.17, 15) is 0 Å². The number of benzene rings is 1. The maximum atomic E-state index is 5.90. The lowest BCUT2D eigenvalue weighted by molar-refractivity contribution is 0.259. The summed E-state index contributed by atoms with van der Waals surface area (Å²) in [6.45, 7) is 8.35. The molecule has 3 heteroatoms. The van der Waals surface area contributed by atoms with Crippen molar-refractivity contribution >= 4 is 0 Å². The fourth-order valence-electron chi connectivity index (χ4n) is 1.74. The highest BCUT2D eigenvalue weighted by Crippen LogP contribution is 2.32. The average molecular weight is 251 g/mol. The highest BCUT2D eigenvalue weighted by atomic mass is 16.5. The van der Waals surface area contributed by atoms with Gasteiger partial charge < -0.3 is 15.2 Å². The Kier molecular flexibility index (Phi) is 6.58.